The molecule has 0 heterocycles. The van der Waals surface area contributed by atoms with E-state index in [1.807, 2.05) is 24.3 Å². The average Bonchev–Trinajstić information content (AvgIpc) is 2.28. The van der Waals surface area contributed by atoms with Crippen molar-refractivity contribution in [2.24, 2.45) is 0 Å². The van der Waals surface area contributed by atoms with Gasteiger partial charge in [0.25, 0.3) is 0 Å². The van der Waals surface area contributed by atoms with Crippen LogP contribution in [-0.2, 0) is 6.42 Å². The Labute approximate surface area is 106 Å². The first-order valence-corrected chi connectivity index (χ1v) is 5.96. The van der Waals surface area contributed by atoms with E-state index in [0.29, 0.717) is 6.54 Å². The quantitative estimate of drug-likeness (QED) is 0.796. The molecule has 2 nitrogen and oxygen atoms in total. The standard InChI is InChI=1S/C13H19F3N2/c1-18(10-8-13(14,15)16)9-2-3-11-4-6-12(17)7-5-11/h4-7H,2-3,8-10,17H2,1H3. The zero-order chi connectivity index (χ0) is 13.6. The molecule has 0 aliphatic heterocycles. The van der Waals surface area contributed by atoms with Crippen molar-refractivity contribution in [1.29, 1.82) is 0 Å². The molecule has 1 aromatic carbocycles. The van der Waals surface area contributed by atoms with Crippen LogP contribution in [0.15, 0.2) is 24.3 Å². The zero-order valence-corrected chi connectivity index (χ0v) is 10.5. The summed E-state index contributed by atoms with van der Waals surface area (Å²) in [5.74, 6) is 0. The lowest BCUT2D eigenvalue weighted by Gasteiger charge is -2.17. The fourth-order valence-corrected chi connectivity index (χ4v) is 1.67. The molecule has 0 aliphatic rings. The molecule has 0 aliphatic carbocycles. The fourth-order valence-electron chi connectivity index (χ4n) is 1.67. The van der Waals surface area contributed by atoms with Gasteiger partial charge in [0.05, 0.1) is 6.42 Å². The van der Waals surface area contributed by atoms with Gasteiger partial charge in [0.2, 0.25) is 0 Å². The van der Waals surface area contributed by atoms with Crippen molar-refractivity contribution >= 4 is 5.69 Å². The van der Waals surface area contributed by atoms with Gasteiger partial charge in [-0.15, -0.1) is 0 Å². The Kier molecular flexibility index (Phi) is 5.47. The minimum atomic E-state index is -4.06. The van der Waals surface area contributed by atoms with Gasteiger partial charge in [-0.25, -0.2) is 0 Å². The first kappa shape index (κ1) is 14.8. The Balaban J connectivity index is 2.19. The van der Waals surface area contributed by atoms with Crippen LogP contribution < -0.4 is 5.73 Å². The third kappa shape index (κ3) is 6.49. The second-order valence-corrected chi connectivity index (χ2v) is 4.51. The summed E-state index contributed by atoms with van der Waals surface area (Å²) in [6.07, 6.45) is -3.11. The van der Waals surface area contributed by atoms with Crippen molar-refractivity contribution in [2.75, 3.05) is 25.9 Å². The smallest absolute Gasteiger partial charge is 0.390 e. The molecular weight excluding hydrogens is 241 g/mol. The van der Waals surface area contributed by atoms with Crippen LogP contribution in [0.25, 0.3) is 0 Å². The highest BCUT2D eigenvalue weighted by molar-refractivity contribution is 5.39. The predicted molar refractivity (Wildman–Crippen MR) is 67.3 cm³/mol. The van der Waals surface area contributed by atoms with E-state index in [4.69, 9.17) is 5.73 Å². The summed E-state index contributed by atoms with van der Waals surface area (Å²) >= 11 is 0. The minimum Gasteiger partial charge on any atom is -0.399 e. The Morgan fingerprint density at radius 1 is 1.11 bits per heavy atom. The number of hydrogen-bond donors (Lipinski definition) is 1. The number of aryl methyl sites for hydroxylation is 1. The highest BCUT2D eigenvalue weighted by atomic mass is 19.4. The fraction of sp³-hybridized carbons (Fsp3) is 0.538. The summed E-state index contributed by atoms with van der Waals surface area (Å²) in [5, 5.41) is 0. The van der Waals surface area contributed by atoms with Crippen LogP contribution >= 0.6 is 0 Å². The number of nitrogens with zero attached hydrogens (tertiary/aromatic N) is 1. The van der Waals surface area contributed by atoms with E-state index in [1.165, 1.54) is 0 Å². The maximum atomic E-state index is 12.0. The molecule has 1 rings (SSSR count). The van der Waals surface area contributed by atoms with Gasteiger partial charge in [-0.2, -0.15) is 13.2 Å². The van der Waals surface area contributed by atoms with Crippen LogP contribution in [0.2, 0.25) is 0 Å². The predicted octanol–water partition coefficient (Wildman–Crippen LogP) is 3.09. The van der Waals surface area contributed by atoms with E-state index in [1.54, 1.807) is 11.9 Å². The minimum absolute atomic E-state index is 0.0608. The summed E-state index contributed by atoms with van der Waals surface area (Å²) in [6, 6.07) is 7.57. The van der Waals surface area contributed by atoms with Crippen molar-refractivity contribution in [1.82, 2.24) is 4.90 Å². The molecule has 0 atom stereocenters. The summed E-state index contributed by atoms with van der Waals surface area (Å²) < 4.78 is 36.0. The monoisotopic (exact) mass is 260 g/mol. The van der Waals surface area contributed by atoms with Gasteiger partial charge in [0.1, 0.15) is 0 Å². The number of anilines is 1. The lowest BCUT2D eigenvalue weighted by atomic mass is 10.1. The summed E-state index contributed by atoms with van der Waals surface area (Å²) in [6.45, 7) is 0.728. The molecule has 5 heteroatoms. The molecule has 0 aromatic heterocycles. The van der Waals surface area contributed by atoms with Crippen molar-refractivity contribution in [3.8, 4) is 0 Å². The molecule has 0 saturated heterocycles. The van der Waals surface area contributed by atoms with Crippen molar-refractivity contribution in [3.63, 3.8) is 0 Å². The number of nitrogens with two attached hydrogens (primary N) is 1. The zero-order valence-electron chi connectivity index (χ0n) is 10.5. The van der Waals surface area contributed by atoms with E-state index in [9.17, 15) is 13.2 Å². The normalized spacial score (nSPS) is 12.1. The van der Waals surface area contributed by atoms with Crippen LogP contribution in [0.4, 0.5) is 18.9 Å². The van der Waals surface area contributed by atoms with E-state index in [2.05, 4.69) is 0 Å². The number of benzene rings is 1. The topological polar surface area (TPSA) is 29.3 Å². The van der Waals surface area contributed by atoms with Crippen LogP contribution in [0, 0.1) is 0 Å². The second-order valence-electron chi connectivity index (χ2n) is 4.51. The lowest BCUT2D eigenvalue weighted by molar-refractivity contribution is -0.137. The molecule has 0 unspecified atom stereocenters. The summed E-state index contributed by atoms with van der Waals surface area (Å²) in [4.78, 5) is 1.71. The first-order chi connectivity index (χ1) is 8.37. The van der Waals surface area contributed by atoms with Crippen molar-refractivity contribution in [3.05, 3.63) is 29.8 Å². The molecule has 0 spiro atoms. The number of halogens is 3. The number of rotatable bonds is 6. The number of hydrogen-bond acceptors (Lipinski definition) is 2. The molecule has 102 valence electrons. The van der Waals surface area contributed by atoms with Gasteiger partial charge < -0.3 is 10.6 Å². The van der Waals surface area contributed by atoms with Crippen LogP contribution in [0.3, 0.4) is 0 Å². The van der Waals surface area contributed by atoms with Gasteiger partial charge in [0.15, 0.2) is 0 Å². The highest BCUT2D eigenvalue weighted by Gasteiger charge is 2.26. The molecule has 18 heavy (non-hydrogen) atoms. The third-order valence-corrected chi connectivity index (χ3v) is 2.76. The molecular formula is C13H19F3N2. The Morgan fingerprint density at radius 3 is 2.28 bits per heavy atom. The Morgan fingerprint density at radius 2 is 1.72 bits per heavy atom. The van der Waals surface area contributed by atoms with Crippen molar-refractivity contribution < 1.29 is 13.2 Å². The molecule has 2 N–H and O–H groups in total. The highest BCUT2D eigenvalue weighted by Crippen LogP contribution is 2.19. The second kappa shape index (κ2) is 6.64. The Bertz CT molecular complexity index is 346. The van der Waals surface area contributed by atoms with E-state index >= 15 is 0 Å². The van der Waals surface area contributed by atoms with Gasteiger partial charge in [-0.05, 0) is 44.1 Å². The van der Waals surface area contributed by atoms with Gasteiger partial charge in [-0.1, -0.05) is 12.1 Å². The van der Waals surface area contributed by atoms with Crippen LogP contribution in [-0.4, -0.2) is 31.2 Å². The van der Waals surface area contributed by atoms with E-state index in [-0.39, 0.29) is 6.54 Å². The molecule has 0 bridgehead atoms. The SMILES string of the molecule is CN(CCCc1ccc(N)cc1)CCC(F)(F)F. The average molecular weight is 260 g/mol. The summed E-state index contributed by atoms with van der Waals surface area (Å²) in [5.41, 5.74) is 7.45. The number of nitrogen functional groups attached to an aromatic ring is 1. The van der Waals surface area contributed by atoms with Crippen LogP contribution in [0.1, 0.15) is 18.4 Å². The van der Waals surface area contributed by atoms with Crippen molar-refractivity contribution in [2.45, 2.75) is 25.4 Å². The van der Waals surface area contributed by atoms with Gasteiger partial charge in [0, 0.05) is 12.2 Å². The third-order valence-electron chi connectivity index (χ3n) is 2.76. The molecule has 0 saturated carbocycles. The summed E-state index contributed by atoms with van der Waals surface area (Å²) in [7, 11) is 1.72. The van der Waals surface area contributed by atoms with Gasteiger partial charge >= 0.3 is 6.18 Å². The maximum Gasteiger partial charge on any atom is 0.390 e. The number of alkyl halides is 3. The van der Waals surface area contributed by atoms with E-state index in [0.717, 1.165) is 24.1 Å². The van der Waals surface area contributed by atoms with Crippen LogP contribution in [0.5, 0.6) is 0 Å². The largest absolute Gasteiger partial charge is 0.399 e. The first-order valence-electron chi connectivity index (χ1n) is 5.96. The Hall–Kier alpha value is -1.23. The molecule has 0 amide bonds. The maximum absolute atomic E-state index is 12.0. The molecule has 0 radical (unpaired) electrons. The van der Waals surface area contributed by atoms with E-state index < -0.39 is 12.6 Å². The lowest BCUT2D eigenvalue weighted by Crippen LogP contribution is -2.25. The van der Waals surface area contributed by atoms with Gasteiger partial charge in [-0.3, -0.25) is 0 Å². The molecule has 0 fully saturated rings. The molecule has 1 aromatic rings.